The summed E-state index contributed by atoms with van der Waals surface area (Å²) in [5, 5.41) is 3.50. The van der Waals surface area contributed by atoms with Crippen molar-refractivity contribution >= 4 is 27.8 Å². The molecule has 0 fully saturated rings. The Morgan fingerprint density at radius 1 is 1.06 bits per heavy atom. The first kappa shape index (κ1) is 26.9. The van der Waals surface area contributed by atoms with Crippen LogP contribution in [0.2, 0.25) is 0 Å². The Morgan fingerprint density at radius 3 is 2.25 bits per heavy atom. The summed E-state index contributed by atoms with van der Waals surface area (Å²) in [5.41, 5.74) is 2.85. The summed E-state index contributed by atoms with van der Waals surface area (Å²) in [4.78, 5) is 19.2. The van der Waals surface area contributed by atoms with E-state index >= 15 is 0 Å². The molecule has 0 bridgehead atoms. The second-order valence-corrected chi connectivity index (χ2v) is 11.3. The van der Waals surface area contributed by atoms with E-state index in [1.165, 1.54) is 6.21 Å². The number of amides is 1. The number of likely N-dealkylation sites (N-methyl/N-ethyl adjacent to an activating group) is 1. The maximum Gasteiger partial charge on any atom is 0.264 e. The van der Waals surface area contributed by atoms with E-state index in [1.54, 1.807) is 59.8 Å². The lowest BCUT2D eigenvalue weighted by molar-refractivity contribution is -0.129. The number of pyridine rings is 1. The zero-order chi connectivity index (χ0) is 26.3. The number of sulfonamides is 1. The van der Waals surface area contributed by atoms with Gasteiger partial charge in [-0.05, 0) is 59.4 Å². The van der Waals surface area contributed by atoms with E-state index in [1.807, 2.05) is 25.1 Å². The molecule has 0 saturated carbocycles. The molecular formula is C27H33N5O3S. The molecule has 1 amide bonds. The van der Waals surface area contributed by atoms with E-state index in [4.69, 9.17) is 5.84 Å². The van der Waals surface area contributed by atoms with Gasteiger partial charge in [0, 0.05) is 25.5 Å². The van der Waals surface area contributed by atoms with Crippen molar-refractivity contribution in [1.29, 1.82) is 0 Å². The van der Waals surface area contributed by atoms with Crippen molar-refractivity contribution in [3.05, 3.63) is 89.7 Å². The second-order valence-electron chi connectivity index (χ2n) is 9.42. The number of carbonyl (C=O) groups excluding carboxylic acids is 1. The van der Waals surface area contributed by atoms with E-state index < -0.39 is 10.0 Å². The van der Waals surface area contributed by atoms with Gasteiger partial charge in [-0.1, -0.05) is 51.1 Å². The van der Waals surface area contributed by atoms with Crippen LogP contribution in [-0.2, 0) is 26.8 Å². The highest BCUT2D eigenvalue weighted by atomic mass is 32.2. The number of benzene rings is 2. The van der Waals surface area contributed by atoms with Crippen LogP contribution in [0.15, 0.2) is 83.1 Å². The van der Waals surface area contributed by atoms with Gasteiger partial charge in [-0.25, -0.2) is 8.42 Å². The van der Waals surface area contributed by atoms with Gasteiger partial charge >= 0.3 is 0 Å². The van der Waals surface area contributed by atoms with Crippen LogP contribution < -0.4 is 10.1 Å². The van der Waals surface area contributed by atoms with Gasteiger partial charge in [0.2, 0.25) is 5.91 Å². The molecule has 2 N–H and O–H groups in total. The number of hydrogen-bond acceptors (Lipinski definition) is 6. The Balaban J connectivity index is 1.97. The predicted molar refractivity (Wildman–Crippen MR) is 143 cm³/mol. The molecule has 1 heterocycles. The molecule has 0 radical (unpaired) electrons. The maximum atomic E-state index is 13.8. The highest BCUT2D eigenvalue weighted by molar-refractivity contribution is 7.92. The molecule has 36 heavy (non-hydrogen) atoms. The van der Waals surface area contributed by atoms with Crippen molar-refractivity contribution in [3.63, 3.8) is 0 Å². The van der Waals surface area contributed by atoms with Crippen LogP contribution in [-0.4, -0.2) is 43.5 Å². The van der Waals surface area contributed by atoms with Crippen molar-refractivity contribution in [2.24, 2.45) is 10.9 Å². The molecule has 0 unspecified atom stereocenters. The average molecular weight is 508 g/mol. The quantitative estimate of drug-likeness (QED) is 0.268. The minimum atomic E-state index is -4.04. The van der Waals surface area contributed by atoms with Crippen molar-refractivity contribution in [3.8, 4) is 0 Å². The molecule has 2 aromatic carbocycles. The van der Waals surface area contributed by atoms with Crippen molar-refractivity contribution in [2.45, 2.75) is 44.6 Å². The minimum absolute atomic E-state index is 0.117. The predicted octanol–water partition coefficient (Wildman–Crippen LogP) is 3.92. The van der Waals surface area contributed by atoms with Gasteiger partial charge in [-0.3, -0.25) is 14.1 Å². The fourth-order valence-corrected chi connectivity index (χ4v) is 5.11. The number of anilines is 1. The molecule has 0 atom stereocenters. The van der Waals surface area contributed by atoms with Gasteiger partial charge in [0.15, 0.2) is 0 Å². The molecule has 0 aliphatic carbocycles. The van der Waals surface area contributed by atoms with Gasteiger partial charge in [0.25, 0.3) is 10.0 Å². The number of hydrogen-bond donors (Lipinski definition) is 1. The fraction of sp³-hybridized carbons (Fsp3) is 0.296. The summed E-state index contributed by atoms with van der Waals surface area (Å²) in [6.45, 7) is 8.47. The smallest absolute Gasteiger partial charge is 0.264 e. The molecule has 8 nitrogen and oxygen atoms in total. The van der Waals surface area contributed by atoms with Gasteiger partial charge < -0.3 is 10.7 Å². The first-order valence-corrected chi connectivity index (χ1v) is 13.1. The normalized spacial score (nSPS) is 12.0. The van der Waals surface area contributed by atoms with Crippen LogP contribution in [0.5, 0.6) is 0 Å². The van der Waals surface area contributed by atoms with E-state index in [9.17, 15) is 13.2 Å². The molecule has 0 aliphatic heterocycles. The number of nitrogens with zero attached hydrogens (tertiary/aromatic N) is 4. The Labute approximate surface area is 213 Å². The monoisotopic (exact) mass is 507 g/mol. The van der Waals surface area contributed by atoms with Crippen LogP contribution in [0.3, 0.4) is 0 Å². The molecule has 3 aromatic rings. The van der Waals surface area contributed by atoms with Gasteiger partial charge in [0.05, 0.1) is 16.8 Å². The van der Waals surface area contributed by atoms with Crippen molar-refractivity contribution in [2.75, 3.05) is 17.4 Å². The first-order valence-electron chi connectivity index (χ1n) is 11.7. The Morgan fingerprint density at radius 2 is 1.72 bits per heavy atom. The van der Waals surface area contributed by atoms with Crippen LogP contribution in [0.4, 0.5) is 5.69 Å². The number of rotatable bonds is 9. The van der Waals surface area contributed by atoms with Crippen molar-refractivity contribution in [1.82, 2.24) is 9.88 Å². The third kappa shape index (κ3) is 6.48. The maximum absolute atomic E-state index is 13.8. The molecule has 190 valence electrons. The van der Waals surface area contributed by atoms with Gasteiger partial charge in [-0.2, -0.15) is 5.10 Å². The van der Waals surface area contributed by atoms with E-state index in [0.29, 0.717) is 24.3 Å². The molecule has 0 aliphatic rings. The summed E-state index contributed by atoms with van der Waals surface area (Å²) in [6.07, 6.45) is 4.82. The first-order chi connectivity index (χ1) is 17.1. The van der Waals surface area contributed by atoms with Crippen LogP contribution >= 0.6 is 0 Å². The molecule has 1 aromatic heterocycles. The van der Waals surface area contributed by atoms with E-state index in [-0.39, 0.29) is 22.8 Å². The zero-order valence-electron chi connectivity index (χ0n) is 21.1. The average Bonchev–Trinajstić information content (AvgIpc) is 2.86. The zero-order valence-corrected chi connectivity index (χ0v) is 21.9. The highest BCUT2D eigenvalue weighted by Crippen LogP contribution is 2.27. The number of hydrazone groups is 1. The van der Waals surface area contributed by atoms with Crippen LogP contribution in [0, 0.1) is 0 Å². The summed E-state index contributed by atoms with van der Waals surface area (Å²) in [7, 11) is -4.04. The lowest BCUT2D eigenvalue weighted by atomic mass is 9.87. The SMILES string of the molecule is CCN(Cc1cccnc1)C(=O)CN(c1ccc(/C=N\N)cc1)S(=O)(=O)c1ccc(C(C)(C)C)cc1. The largest absolute Gasteiger partial charge is 0.337 e. The molecule has 0 saturated heterocycles. The number of nitrogens with two attached hydrogens (primary N) is 1. The van der Waals surface area contributed by atoms with Crippen molar-refractivity contribution < 1.29 is 13.2 Å². The summed E-state index contributed by atoms with van der Waals surface area (Å²) in [6, 6.07) is 17.2. The van der Waals surface area contributed by atoms with Crippen LogP contribution in [0.25, 0.3) is 0 Å². The third-order valence-electron chi connectivity index (χ3n) is 5.82. The summed E-state index contributed by atoms with van der Waals surface area (Å²) < 4.78 is 28.8. The Bertz CT molecular complexity index is 1280. The lowest BCUT2D eigenvalue weighted by Gasteiger charge is -2.28. The lowest BCUT2D eigenvalue weighted by Crippen LogP contribution is -2.42. The molecule has 9 heteroatoms. The van der Waals surface area contributed by atoms with Crippen LogP contribution in [0.1, 0.15) is 44.4 Å². The topological polar surface area (TPSA) is 109 Å². The fourth-order valence-electron chi connectivity index (χ4n) is 3.69. The standard InChI is InChI=1S/C27H33N5O3S/c1-5-31(19-22-7-6-16-29-17-22)26(33)20-32(24-12-8-21(9-13-24)18-30-28)36(34,35)25-14-10-23(11-15-25)27(2,3)4/h6-18H,5,19-20,28H2,1-4H3/b30-18-. The summed E-state index contributed by atoms with van der Waals surface area (Å²) >= 11 is 0. The number of carbonyl (C=O) groups is 1. The minimum Gasteiger partial charge on any atom is -0.337 e. The van der Waals surface area contributed by atoms with Gasteiger partial charge in [0.1, 0.15) is 6.54 Å². The second kappa shape index (κ2) is 11.3. The molecular weight excluding hydrogens is 474 g/mol. The van der Waals surface area contributed by atoms with E-state index in [0.717, 1.165) is 15.4 Å². The number of aromatic nitrogens is 1. The van der Waals surface area contributed by atoms with E-state index in [2.05, 4.69) is 30.9 Å². The van der Waals surface area contributed by atoms with Gasteiger partial charge in [-0.15, -0.1) is 0 Å². The third-order valence-corrected chi connectivity index (χ3v) is 7.61. The Kier molecular flexibility index (Phi) is 8.47. The Hall–Kier alpha value is -3.72. The molecule has 0 spiro atoms. The highest BCUT2D eigenvalue weighted by Gasteiger charge is 2.29. The molecule has 3 rings (SSSR count). The summed E-state index contributed by atoms with van der Waals surface area (Å²) in [5.74, 6) is 4.92.